The van der Waals surface area contributed by atoms with E-state index >= 15 is 0 Å². The second-order valence-electron chi connectivity index (χ2n) is 4.59. The lowest BCUT2D eigenvalue weighted by atomic mass is 10.0. The third kappa shape index (κ3) is 2.42. The molecule has 0 amide bonds. The zero-order valence-electron chi connectivity index (χ0n) is 8.76. The maximum absolute atomic E-state index is 2.72. The number of piperidine rings is 1. The summed E-state index contributed by atoms with van der Waals surface area (Å²) in [4.78, 5) is 4.43. The van der Waals surface area contributed by atoms with E-state index in [4.69, 9.17) is 0 Å². The quantitative estimate of drug-likeness (QED) is 0.465. The van der Waals surface area contributed by atoms with E-state index in [2.05, 4.69) is 17.3 Å². The molecule has 3 N–H and O–H groups in total. The fourth-order valence-corrected chi connectivity index (χ4v) is 2.55. The van der Waals surface area contributed by atoms with E-state index in [-0.39, 0.29) is 0 Å². The highest BCUT2D eigenvalue weighted by molar-refractivity contribution is 4.74. The first kappa shape index (κ1) is 9.44. The van der Waals surface area contributed by atoms with E-state index < -0.39 is 0 Å². The number of hydrogen-bond acceptors (Lipinski definition) is 1. The Morgan fingerprint density at radius 3 is 2.38 bits per heavy atom. The van der Waals surface area contributed by atoms with Gasteiger partial charge in [-0.25, -0.2) is 0 Å². The molecule has 2 saturated heterocycles. The molecular weight excluding hydrogens is 162 g/mol. The van der Waals surface area contributed by atoms with Crippen LogP contribution in [0.15, 0.2) is 0 Å². The molecule has 0 saturated carbocycles. The van der Waals surface area contributed by atoms with E-state index in [9.17, 15) is 0 Å². The molecule has 13 heavy (non-hydrogen) atoms. The normalized spacial score (nSPS) is 29.3. The first-order chi connectivity index (χ1) is 6.36. The number of quaternary nitrogens is 2. The fourth-order valence-electron chi connectivity index (χ4n) is 2.55. The molecule has 0 atom stereocenters. The molecule has 0 spiro atoms. The predicted octanol–water partition coefficient (Wildman–Crippen LogP) is -2.46. The lowest BCUT2D eigenvalue weighted by molar-refractivity contribution is -0.884. The van der Waals surface area contributed by atoms with Crippen molar-refractivity contribution in [2.75, 3.05) is 46.3 Å². The first-order valence-corrected chi connectivity index (χ1v) is 5.73. The molecule has 0 bridgehead atoms. The summed E-state index contributed by atoms with van der Waals surface area (Å²) in [6.07, 6.45) is 2.83. The minimum atomic E-state index is 0.915. The van der Waals surface area contributed by atoms with Crippen LogP contribution in [0.25, 0.3) is 0 Å². The van der Waals surface area contributed by atoms with Crippen LogP contribution in [0.1, 0.15) is 12.8 Å². The molecule has 76 valence electrons. The van der Waals surface area contributed by atoms with Crippen molar-refractivity contribution in [3.8, 4) is 0 Å². The highest BCUT2D eigenvalue weighted by Gasteiger charge is 2.26. The van der Waals surface area contributed by atoms with E-state index in [1.165, 1.54) is 52.1 Å². The van der Waals surface area contributed by atoms with Crippen molar-refractivity contribution in [2.24, 2.45) is 0 Å². The Hall–Kier alpha value is -0.120. The van der Waals surface area contributed by atoms with Crippen LogP contribution in [0.2, 0.25) is 0 Å². The van der Waals surface area contributed by atoms with Crippen molar-refractivity contribution in [1.82, 2.24) is 4.90 Å². The Kier molecular flexibility index (Phi) is 3.19. The number of nitrogens with one attached hydrogen (secondary N) is 1. The maximum Gasteiger partial charge on any atom is 0.0898 e. The van der Waals surface area contributed by atoms with Crippen molar-refractivity contribution in [3.05, 3.63) is 0 Å². The van der Waals surface area contributed by atoms with Crippen LogP contribution in [0.5, 0.6) is 0 Å². The molecular formula is C10H23N3+2. The second-order valence-corrected chi connectivity index (χ2v) is 4.59. The summed E-state index contributed by atoms with van der Waals surface area (Å²) in [6, 6.07) is 0.915. The van der Waals surface area contributed by atoms with E-state index in [0.29, 0.717) is 0 Å². The van der Waals surface area contributed by atoms with Gasteiger partial charge < -0.3 is 10.2 Å². The van der Waals surface area contributed by atoms with Crippen molar-refractivity contribution >= 4 is 0 Å². The van der Waals surface area contributed by atoms with Crippen LogP contribution >= 0.6 is 0 Å². The maximum atomic E-state index is 2.72. The lowest BCUT2D eigenvalue weighted by Crippen LogP contribution is -3.12. The zero-order chi connectivity index (χ0) is 9.10. The summed E-state index contributed by atoms with van der Waals surface area (Å²) < 4.78 is 0. The van der Waals surface area contributed by atoms with Crippen LogP contribution in [0, 0.1) is 0 Å². The van der Waals surface area contributed by atoms with Gasteiger partial charge in [0.2, 0.25) is 0 Å². The summed E-state index contributed by atoms with van der Waals surface area (Å²) in [6.45, 7) is 8.06. The van der Waals surface area contributed by atoms with Gasteiger partial charge in [0.1, 0.15) is 0 Å². The van der Waals surface area contributed by atoms with Crippen LogP contribution in [-0.4, -0.2) is 57.3 Å². The van der Waals surface area contributed by atoms with Crippen LogP contribution in [0.3, 0.4) is 0 Å². The molecule has 2 aliphatic rings. The average molecular weight is 185 g/mol. The Labute approximate surface area is 81.1 Å². The Bertz CT molecular complexity index is 146. The van der Waals surface area contributed by atoms with Gasteiger partial charge in [0.05, 0.1) is 33.2 Å². The highest BCUT2D eigenvalue weighted by atomic mass is 15.3. The van der Waals surface area contributed by atoms with Gasteiger partial charge in [-0.2, -0.15) is 0 Å². The summed E-state index contributed by atoms with van der Waals surface area (Å²) in [5, 5.41) is 2.46. The standard InChI is InChI=1S/C10H21N3/c1-12-6-8-13(9-7-12)10-2-4-11-5-3-10/h10-11H,2-9H2,1H3/p+2. The largest absolute Gasteiger partial charge is 0.346 e. The molecule has 0 unspecified atom stereocenters. The molecule has 2 heterocycles. The zero-order valence-corrected chi connectivity index (χ0v) is 8.76. The smallest absolute Gasteiger partial charge is 0.0898 e. The third-order valence-electron chi connectivity index (χ3n) is 3.58. The number of nitrogens with two attached hydrogens (primary N) is 1. The monoisotopic (exact) mass is 185 g/mol. The Morgan fingerprint density at radius 2 is 1.77 bits per heavy atom. The summed E-state index contributed by atoms with van der Waals surface area (Å²) in [5.74, 6) is 0. The van der Waals surface area contributed by atoms with Gasteiger partial charge in [0.25, 0.3) is 0 Å². The predicted molar refractivity (Wildman–Crippen MR) is 52.9 cm³/mol. The van der Waals surface area contributed by atoms with E-state index in [1.807, 2.05) is 0 Å². The van der Waals surface area contributed by atoms with Gasteiger partial charge in [0, 0.05) is 32.0 Å². The molecule has 2 rings (SSSR count). The number of piperazine rings is 1. The van der Waals surface area contributed by atoms with Crippen LogP contribution in [-0.2, 0) is 0 Å². The number of likely N-dealkylation sites (N-methyl/N-ethyl adjacent to an activating group) is 1. The summed E-state index contributed by atoms with van der Waals surface area (Å²) >= 11 is 0. The van der Waals surface area contributed by atoms with Gasteiger partial charge in [-0.05, 0) is 0 Å². The molecule has 2 aliphatic heterocycles. The van der Waals surface area contributed by atoms with Gasteiger partial charge in [-0.1, -0.05) is 0 Å². The van der Waals surface area contributed by atoms with Crippen molar-refractivity contribution in [1.29, 1.82) is 0 Å². The molecule has 0 aromatic rings. The lowest BCUT2D eigenvalue weighted by Gasteiger charge is -2.37. The topological polar surface area (TPSA) is 24.3 Å². The van der Waals surface area contributed by atoms with Crippen molar-refractivity contribution in [2.45, 2.75) is 18.9 Å². The highest BCUT2D eigenvalue weighted by Crippen LogP contribution is 2.08. The van der Waals surface area contributed by atoms with Crippen molar-refractivity contribution in [3.63, 3.8) is 0 Å². The SMILES string of the molecule is C[NH+]1CCN(C2CC[NH2+]CC2)CC1. The minimum absolute atomic E-state index is 0.915. The number of nitrogens with zero attached hydrogens (tertiary/aromatic N) is 1. The molecule has 0 aliphatic carbocycles. The Balaban J connectivity index is 1.79. The number of rotatable bonds is 1. The van der Waals surface area contributed by atoms with E-state index in [0.717, 1.165) is 6.04 Å². The second kappa shape index (κ2) is 4.40. The van der Waals surface area contributed by atoms with Gasteiger partial charge in [-0.3, -0.25) is 4.90 Å². The van der Waals surface area contributed by atoms with Gasteiger partial charge >= 0.3 is 0 Å². The summed E-state index contributed by atoms with van der Waals surface area (Å²) in [7, 11) is 2.31. The average Bonchev–Trinajstić information content (AvgIpc) is 2.20. The van der Waals surface area contributed by atoms with Crippen LogP contribution < -0.4 is 10.2 Å². The van der Waals surface area contributed by atoms with E-state index in [1.54, 1.807) is 4.90 Å². The third-order valence-corrected chi connectivity index (χ3v) is 3.58. The van der Waals surface area contributed by atoms with Crippen molar-refractivity contribution < 1.29 is 10.2 Å². The van der Waals surface area contributed by atoms with Crippen LogP contribution in [0.4, 0.5) is 0 Å². The van der Waals surface area contributed by atoms with Gasteiger partial charge in [0.15, 0.2) is 0 Å². The molecule has 3 heteroatoms. The fraction of sp³-hybridized carbons (Fsp3) is 1.00. The summed E-state index contributed by atoms with van der Waals surface area (Å²) in [5.41, 5.74) is 0. The molecule has 0 radical (unpaired) electrons. The molecule has 0 aromatic heterocycles. The molecule has 0 aromatic carbocycles. The van der Waals surface area contributed by atoms with Gasteiger partial charge in [-0.15, -0.1) is 0 Å². The first-order valence-electron chi connectivity index (χ1n) is 5.73. The Morgan fingerprint density at radius 1 is 1.15 bits per heavy atom. The minimum Gasteiger partial charge on any atom is -0.346 e. The molecule has 3 nitrogen and oxygen atoms in total. The number of hydrogen-bond donors (Lipinski definition) is 2. The molecule has 2 fully saturated rings.